The molecule has 3 amide bonds. The average molecular weight is 361 g/mol. The summed E-state index contributed by atoms with van der Waals surface area (Å²) in [5.74, 6) is -0.449. The normalized spacial score (nSPS) is 24.3. The molecule has 0 radical (unpaired) electrons. The highest BCUT2D eigenvalue weighted by atomic mass is 16.3. The molecule has 2 unspecified atom stereocenters. The maximum atomic E-state index is 12.8. The molecule has 0 aliphatic carbocycles. The second-order valence-electron chi connectivity index (χ2n) is 6.81. The number of hydrogen-bond donors (Lipinski definition) is 2. The molecule has 3 rings (SSSR count). The van der Waals surface area contributed by atoms with Crippen molar-refractivity contribution in [1.82, 2.24) is 25.1 Å². The average Bonchev–Trinajstić information content (AvgIpc) is 3.07. The van der Waals surface area contributed by atoms with Gasteiger partial charge in [0.1, 0.15) is 17.4 Å². The second kappa shape index (κ2) is 6.99. The molecule has 2 fully saturated rings. The van der Waals surface area contributed by atoms with Crippen molar-refractivity contribution >= 4 is 17.7 Å². The molecule has 2 aliphatic heterocycles. The van der Waals surface area contributed by atoms with Crippen LogP contribution in [0.5, 0.6) is 0 Å². The number of rotatable bonds is 5. The summed E-state index contributed by atoms with van der Waals surface area (Å²) in [6.07, 6.45) is 3.45. The lowest BCUT2D eigenvalue weighted by molar-refractivity contribution is -0.176. The van der Waals surface area contributed by atoms with Gasteiger partial charge in [0.15, 0.2) is 0 Å². The van der Waals surface area contributed by atoms with Crippen LogP contribution in [-0.4, -0.2) is 73.4 Å². The minimum Gasteiger partial charge on any atom is -0.391 e. The lowest BCUT2D eigenvalue weighted by Crippen LogP contribution is -2.77. The molecule has 1 spiro atoms. The summed E-state index contributed by atoms with van der Waals surface area (Å²) < 4.78 is 0. The molecule has 3 heterocycles. The van der Waals surface area contributed by atoms with Crippen LogP contribution in [0.15, 0.2) is 18.5 Å². The van der Waals surface area contributed by atoms with E-state index in [1.807, 2.05) is 0 Å². The van der Waals surface area contributed by atoms with E-state index in [4.69, 9.17) is 0 Å². The Morgan fingerprint density at radius 2 is 2.08 bits per heavy atom. The van der Waals surface area contributed by atoms with Crippen molar-refractivity contribution in [3.63, 3.8) is 0 Å². The van der Waals surface area contributed by atoms with Gasteiger partial charge in [-0.05, 0) is 25.8 Å². The topological polar surface area (TPSA) is 116 Å². The summed E-state index contributed by atoms with van der Waals surface area (Å²) in [5.41, 5.74) is -0.845. The third kappa shape index (κ3) is 3.03. The molecule has 1 aromatic rings. The monoisotopic (exact) mass is 361 g/mol. The smallest absolute Gasteiger partial charge is 0.251 e. The lowest BCUT2D eigenvalue weighted by Gasteiger charge is -2.53. The molecule has 26 heavy (non-hydrogen) atoms. The fraction of sp³-hybridized carbons (Fsp3) is 0.588. The van der Waals surface area contributed by atoms with Crippen LogP contribution in [0.4, 0.5) is 0 Å². The number of aromatic nitrogens is 2. The van der Waals surface area contributed by atoms with Crippen molar-refractivity contribution in [3.05, 3.63) is 24.3 Å². The zero-order valence-electron chi connectivity index (χ0n) is 14.9. The minimum absolute atomic E-state index is 0.107. The van der Waals surface area contributed by atoms with E-state index >= 15 is 0 Å². The van der Waals surface area contributed by atoms with Crippen molar-refractivity contribution in [2.45, 2.75) is 50.9 Å². The van der Waals surface area contributed by atoms with Crippen LogP contribution in [0.2, 0.25) is 0 Å². The Bertz CT molecular complexity index is 710. The maximum Gasteiger partial charge on any atom is 0.251 e. The van der Waals surface area contributed by atoms with E-state index in [-0.39, 0.29) is 24.9 Å². The third-order valence-corrected chi connectivity index (χ3v) is 5.06. The lowest BCUT2D eigenvalue weighted by atomic mass is 9.83. The molecule has 1 aromatic heterocycles. The SMILES string of the molecule is CC(=O)N1CCCC12CN(C(C(=O)NCc1ncccn1)[C@@H](C)O)C2=O. The molecule has 9 nitrogen and oxygen atoms in total. The number of aliphatic hydroxyl groups excluding tert-OH is 1. The summed E-state index contributed by atoms with van der Waals surface area (Å²) in [6, 6.07) is 0.663. The van der Waals surface area contributed by atoms with Crippen molar-refractivity contribution < 1.29 is 19.5 Å². The Morgan fingerprint density at radius 1 is 1.38 bits per heavy atom. The number of carbonyl (C=O) groups excluding carboxylic acids is 3. The third-order valence-electron chi connectivity index (χ3n) is 5.06. The van der Waals surface area contributed by atoms with Crippen LogP contribution in [0.25, 0.3) is 0 Å². The van der Waals surface area contributed by atoms with Crippen molar-refractivity contribution in [3.8, 4) is 0 Å². The molecule has 3 atom stereocenters. The second-order valence-corrected chi connectivity index (χ2v) is 6.81. The van der Waals surface area contributed by atoms with Gasteiger partial charge < -0.3 is 20.2 Å². The molecule has 140 valence electrons. The fourth-order valence-electron chi connectivity index (χ4n) is 3.86. The first kappa shape index (κ1) is 18.2. The van der Waals surface area contributed by atoms with Crippen LogP contribution in [-0.2, 0) is 20.9 Å². The minimum atomic E-state index is -1.04. The summed E-state index contributed by atoms with van der Waals surface area (Å²) in [6.45, 7) is 3.83. The Hall–Kier alpha value is -2.55. The van der Waals surface area contributed by atoms with Gasteiger partial charge in [-0.3, -0.25) is 14.4 Å². The number of carbonyl (C=O) groups is 3. The quantitative estimate of drug-likeness (QED) is 0.655. The predicted molar refractivity (Wildman–Crippen MR) is 90.4 cm³/mol. The standard InChI is InChI=1S/C17H23N5O4/c1-11(23)14(15(25)20-9-13-18-6-4-7-19-13)21-10-17(16(21)26)5-3-8-22(17)12(2)24/h4,6-7,11,14,23H,3,5,8-10H2,1-2H3,(H,20,25)/t11-,14?,17?/m1/s1. The zero-order chi connectivity index (χ0) is 18.9. The summed E-state index contributed by atoms with van der Waals surface area (Å²) >= 11 is 0. The fourth-order valence-corrected chi connectivity index (χ4v) is 3.86. The molecule has 2 saturated heterocycles. The van der Waals surface area contributed by atoms with E-state index in [0.29, 0.717) is 18.8 Å². The van der Waals surface area contributed by atoms with Crippen molar-refractivity contribution in [1.29, 1.82) is 0 Å². The van der Waals surface area contributed by atoms with Gasteiger partial charge in [0.25, 0.3) is 5.91 Å². The van der Waals surface area contributed by atoms with E-state index in [2.05, 4.69) is 15.3 Å². The van der Waals surface area contributed by atoms with Gasteiger partial charge in [0.2, 0.25) is 11.8 Å². The van der Waals surface area contributed by atoms with Crippen LogP contribution < -0.4 is 5.32 Å². The Balaban J connectivity index is 1.68. The number of hydrogen-bond acceptors (Lipinski definition) is 6. The van der Waals surface area contributed by atoms with Gasteiger partial charge in [0.05, 0.1) is 19.2 Å². The first-order valence-corrected chi connectivity index (χ1v) is 8.68. The van der Waals surface area contributed by atoms with E-state index in [0.717, 1.165) is 6.42 Å². The summed E-state index contributed by atoms with van der Waals surface area (Å²) in [7, 11) is 0. The summed E-state index contributed by atoms with van der Waals surface area (Å²) in [4.78, 5) is 48.2. The highest BCUT2D eigenvalue weighted by Crippen LogP contribution is 2.40. The van der Waals surface area contributed by atoms with Gasteiger partial charge in [0, 0.05) is 25.9 Å². The van der Waals surface area contributed by atoms with Gasteiger partial charge in [-0.15, -0.1) is 0 Å². The number of nitrogens with zero attached hydrogens (tertiary/aromatic N) is 4. The zero-order valence-corrected chi connectivity index (χ0v) is 14.9. The molecular formula is C17H23N5O4. The Morgan fingerprint density at radius 3 is 2.65 bits per heavy atom. The van der Waals surface area contributed by atoms with E-state index in [9.17, 15) is 19.5 Å². The molecule has 2 aliphatic rings. The van der Waals surface area contributed by atoms with Crippen LogP contribution in [0, 0.1) is 0 Å². The molecule has 2 N–H and O–H groups in total. The van der Waals surface area contributed by atoms with Gasteiger partial charge in [-0.25, -0.2) is 9.97 Å². The Labute approximate surface area is 151 Å². The van der Waals surface area contributed by atoms with Gasteiger partial charge in [-0.1, -0.05) is 0 Å². The molecule has 0 saturated carbocycles. The first-order valence-electron chi connectivity index (χ1n) is 8.68. The molecule has 0 bridgehead atoms. The largest absolute Gasteiger partial charge is 0.391 e. The van der Waals surface area contributed by atoms with Crippen LogP contribution in [0.3, 0.4) is 0 Å². The van der Waals surface area contributed by atoms with E-state index < -0.39 is 23.6 Å². The number of likely N-dealkylation sites (tertiary alicyclic amines) is 2. The predicted octanol–water partition coefficient (Wildman–Crippen LogP) is -0.934. The van der Waals surface area contributed by atoms with E-state index in [1.54, 1.807) is 23.4 Å². The number of amides is 3. The first-order chi connectivity index (χ1) is 12.4. The van der Waals surface area contributed by atoms with Gasteiger partial charge in [-0.2, -0.15) is 0 Å². The van der Waals surface area contributed by atoms with E-state index in [1.165, 1.54) is 18.7 Å². The highest BCUT2D eigenvalue weighted by molar-refractivity contribution is 6.00. The Kier molecular flexibility index (Phi) is 4.90. The number of nitrogens with one attached hydrogen (secondary N) is 1. The molecular weight excluding hydrogens is 338 g/mol. The summed E-state index contributed by atoms with van der Waals surface area (Å²) in [5, 5.41) is 12.7. The van der Waals surface area contributed by atoms with Crippen molar-refractivity contribution in [2.75, 3.05) is 13.1 Å². The van der Waals surface area contributed by atoms with Crippen LogP contribution in [0.1, 0.15) is 32.5 Å². The number of aliphatic hydroxyl groups is 1. The van der Waals surface area contributed by atoms with Crippen molar-refractivity contribution in [2.24, 2.45) is 0 Å². The maximum absolute atomic E-state index is 12.8. The molecule has 0 aromatic carbocycles. The molecule has 9 heteroatoms. The highest BCUT2D eigenvalue weighted by Gasteiger charge is 2.61. The number of β-lactam (4-membered cyclic amide) rings is 1. The van der Waals surface area contributed by atoms with Crippen LogP contribution >= 0.6 is 0 Å². The van der Waals surface area contributed by atoms with Gasteiger partial charge >= 0.3 is 0 Å².